The number of carbonyl (C=O) groups excluding carboxylic acids is 1. The summed E-state index contributed by atoms with van der Waals surface area (Å²) in [6, 6.07) is 7.75. The van der Waals surface area contributed by atoms with Gasteiger partial charge in [-0.3, -0.25) is 4.79 Å². The summed E-state index contributed by atoms with van der Waals surface area (Å²) in [5.74, 6) is -0.296. The molecule has 2 N–H and O–H groups in total. The highest BCUT2D eigenvalue weighted by Crippen LogP contribution is 2.16. The van der Waals surface area contributed by atoms with Gasteiger partial charge in [-0.05, 0) is 17.5 Å². The minimum Gasteiger partial charge on any atom is -0.396 e. The quantitative estimate of drug-likeness (QED) is 0.877. The van der Waals surface area contributed by atoms with E-state index in [4.69, 9.17) is 5.11 Å². The van der Waals surface area contributed by atoms with Gasteiger partial charge >= 0.3 is 0 Å². The molecule has 0 aliphatic carbocycles. The van der Waals surface area contributed by atoms with E-state index in [0.717, 1.165) is 10.0 Å². The first-order valence-corrected chi connectivity index (χ1v) is 6.47. The number of benzene rings is 1. The zero-order chi connectivity index (χ0) is 12.8. The minimum atomic E-state index is -0.336. The Hall–Kier alpha value is -0.870. The van der Waals surface area contributed by atoms with Gasteiger partial charge in [0.2, 0.25) is 5.91 Å². The van der Waals surface area contributed by atoms with Crippen molar-refractivity contribution in [1.29, 1.82) is 0 Å². The summed E-state index contributed by atoms with van der Waals surface area (Å²) in [7, 11) is 0. The summed E-state index contributed by atoms with van der Waals surface area (Å²) in [6.07, 6.45) is 0. The van der Waals surface area contributed by atoms with Crippen molar-refractivity contribution in [3.05, 3.63) is 34.3 Å². The summed E-state index contributed by atoms with van der Waals surface area (Å²) < 4.78 is 0.977. The van der Waals surface area contributed by atoms with Crippen LogP contribution in [0.2, 0.25) is 0 Å². The van der Waals surface area contributed by atoms with Crippen LogP contribution in [0.4, 0.5) is 0 Å². The van der Waals surface area contributed by atoms with Crippen molar-refractivity contribution in [2.75, 3.05) is 6.61 Å². The van der Waals surface area contributed by atoms with Crippen LogP contribution in [0.15, 0.2) is 28.7 Å². The van der Waals surface area contributed by atoms with Crippen molar-refractivity contribution in [2.24, 2.45) is 11.8 Å². The highest BCUT2D eigenvalue weighted by Gasteiger charge is 2.20. The van der Waals surface area contributed by atoms with E-state index in [1.54, 1.807) is 0 Å². The van der Waals surface area contributed by atoms with Gasteiger partial charge in [-0.15, -0.1) is 0 Å². The molecule has 0 aliphatic rings. The molecule has 1 aromatic rings. The van der Waals surface area contributed by atoms with Crippen LogP contribution in [0.5, 0.6) is 0 Å². The zero-order valence-corrected chi connectivity index (χ0v) is 11.7. The first kappa shape index (κ1) is 14.2. The molecule has 0 bridgehead atoms. The lowest BCUT2D eigenvalue weighted by Crippen LogP contribution is -2.35. The number of aliphatic hydroxyl groups is 1. The van der Waals surface area contributed by atoms with Gasteiger partial charge in [0.25, 0.3) is 0 Å². The van der Waals surface area contributed by atoms with Crippen LogP contribution in [0.25, 0.3) is 0 Å². The summed E-state index contributed by atoms with van der Waals surface area (Å²) in [4.78, 5) is 11.8. The van der Waals surface area contributed by atoms with Gasteiger partial charge in [0.15, 0.2) is 0 Å². The smallest absolute Gasteiger partial charge is 0.225 e. The Morgan fingerprint density at radius 1 is 1.41 bits per heavy atom. The van der Waals surface area contributed by atoms with Crippen LogP contribution in [-0.4, -0.2) is 17.6 Å². The molecule has 0 saturated carbocycles. The van der Waals surface area contributed by atoms with Crippen LogP contribution in [-0.2, 0) is 11.3 Å². The van der Waals surface area contributed by atoms with Crippen molar-refractivity contribution >= 4 is 21.8 Å². The Labute approximate surface area is 110 Å². The summed E-state index contributed by atoms with van der Waals surface area (Å²) in [5.41, 5.74) is 1.03. The van der Waals surface area contributed by atoms with Crippen LogP contribution >= 0.6 is 15.9 Å². The van der Waals surface area contributed by atoms with E-state index in [9.17, 15) is 4.79 Å². The second-order valence-electron chi connectivity index (χ2n) is 4.34. The third-order valence-electron chi connectivity index (χ3n) is 2.75. The number of rotatable bonds is 5. The molecule has 0 aromatic heterocycles. The minimum absolute atomic E-state index is 0.0988. The lowest BCUT2D eigenvalue weighted by atomic mass is 9.96. The summed E-state index contributed by atoms with van der Waals surface area (Å²) in [6.45, 7) is 4.22. The Morgan fingerprint density at radius 3 is 2.59 bits per heavy atom. The molecule has 0 aliphatic heterocycles. The van der Waals surface area contributed by atoms with Crippen molar-refractivity contribution in [1.82, 2.24) is 5.32 Å². The van der Waals surface area contributed by atoms with Gasteiger partial charge in [0.1, 0.15) is 0 Å². The summed E-state index contributed by atoms with van der Waals surface area (Å²) in [5, 5.41) is 12.0. The molecule has 3 nitrogen and oxygen atoms in total. The Morgan fingerprint density at radius 2 is 2.06 bits per heavy atom. The Bertz CT molecular complexity index is 379. The maximum absolute atomic E-state index is 11.8. The lowest BCUT2D eigenvalue weighted by Gasteiger charge is -2.17. The number of amides is 1. The first-order chi connectivity index (χ1) is 8.06. The van der Waals surface area contributed by atoms with E-state index in [-0.39, 0.29) is 24.3 Å². The van der Waals surface area contributed by atoms with Gasteiger partial charge in [0, 0.05) is 11.0 Å². The standard InChI is InChI=1S/C13H18BrNO2/c1-9(2)11(8-16)13(17)15-7-10-5-3-4-6-12(10)14/h3-6,9,11,16H,7-8H2,1-2H3,(H,15,17). The van der Waals surface area contributed by atoms with E-state index in [2.05, 4.69) is 21.2 Å². The number of halogens is 1. The van der Waals surface area contributed by atoms with Crippen molar-refractivity contribution in [3.63, 3.8) is 0 Å². The molecule has 1 unspecified atom stereocenters. The normalized spacial score (nSPS) is 12.5. The molecule has 0 saturated heterocycles. The monoisotopic (exact) mass is 299 g/mol. The van der Waals surface area contributed by atoms with Crippen molar-refractivity contribution in [3.8, 4) is 0 Å². The fraction of sp³-hybridized carbons (Fsp3) is 0.462. The van der Waals surface area contributed by atoms with Gasteiger partial charge < -0.3 is 10.4 Å². The van der Waals surface area contributed by atoms with Crippen LogP contribution in [0.3, 0.4) is 0 Å². The molecule has 1 amide bonds. The number of carbonyl (C=O) groups is 1. The Balaban J connectivity index is 2.56. The van der Waals surface area contributed by atoms with Crippen molar-refractivity contribution < 1.29 is 9.90 Å². The van der Waals surface area contributed by atoms with Crippen LogP contribution < -0.4 is 5.32 Å². The number of hydrogen-bond donors (Lipinski definition) is 2. The fourth-order valence-corrected chi connectivity index (χ4v) is 1.98. The topological polar surface area (TPSA) is 49.3 Å². The average Bonchev–Trinajstić information content (AvgIpc) is 2.28. The highest BCUT2D eigenvalue weighted by atomic mass is 79.9. The maximum Gasteiger partial charge on any atom is 0.225 e. The second kappa shape index (κ2) is 6.77. The summed E-state index contributed by atoms with van der Waals surface area (Å²) >= 11 is 3.43. The largest absolute Gasteiger partial charge is 0.396 e. The molecule has 4 heteroatoms. The van der Waals surface area contributed by atoms with Gasteiger partial charge in [0.05, 0.1) is 12.5 Å². The number of nitrogens with one attached hydrogen (secondary N) is 1. The van der Waals surface area contributed by atoms with Gasteiger partial charge in [-0.25, -0.2) is 0 Å². The lowest BCUT2D eigenvalue weighted by molar-refractivity contribution is -0.127. The molecule has 1 aromatic carbocycles. The maximum atomic E-state index is 11.8. The molecule has 0 radical (unpaired) electrons. The van der Waals surface area contributed by atoms with Crippen LogP contribution in [0, 0.1) is 11.8 Å². The predicted molar refractivity (Wildman–Crippen MR) is 71.4 cm³/mol. The molecule has 1 atom stereocenters. The molecule has 0 fully saturated rings. The van der Waals surface area contributed by atoms with E-state index in [1.807, 2.05) is 38.1 Å². The van der Waals surface area contributed by atoms with E-state index in [1.165, 1.54) is 0 Å². The second-order valence-corrected chi connectivity index (χ2v) is 5.20. The van der Waals surface area contributed by atoms with Crippen molar-refractivity contribution in [2.45, 2.75) is 20.4 Å². The molecule has 1 rings (SSSR count). The fourth-order valence-electron chi connectivity index (χ4n) is 1.55. The molecular formula is C13H18BrNO2. The molecule has 17 heavy (non-hydrogen) atoms. The van der Waals surface area contributed by atoms with Crippen LogP contribution in [0.1, 0.15) is 19.4 Å². The van der Waals surface area contributed by atoms with E-state index in [0.29, 0.717) is 6.54 Å². The predicted octanol–water partition coefficient (Wildman–Crippen LogP) is 2.33. The third kappa shape index (κ3) is 4.13. The number of aliphatic hydroxyl groups excluding tert-OH is 1. The van der Waals surface area contributed by atoms with Gasteiger partial charge in [-0.1, -0.05) is 48.0 Å². The molecule has 0 spiro atoms. The average molecular weight is 300 g/mol. The first-order valence-electron chi connectivity index (χ1n) is 5.68. The number of hydrogen-bond acceptors (Lipinski definition) is 2. The van der Waals surface area contributed by atoms with Gasteiger partial charge in [-0.2, -0.15) is 0 Å². The van der Waals surface area contributed by atoms with E-state index >= 15 is 0 Å². The molecular weight excluding hydrogens is 282 g/mol. The third-order valence-corrected chi connectivity index (χ3v) is 3.52. The molecule has 0 heterocycles. The van der Waals surface area contributed by atoms with E-state index < -0.39 is 0 Å². The zero-order valence-electron chi connectivity index (χ0n) is 10.1. The Kier molecular flexibility index (Phi) is 5.65. The molecule has 94 valence electrons. The SMILES string of the molecule is CC(C)C(CO)C(=O)NCc1ccccc1Br. The highest BCUT2D eigenvalue weighted by molar-refractivity contribution is 9.10.